The molecule has 2 rings (SSSR count). The molecule has 0 saturated carbocycles. The number of alkyl halides is 3. The molecule has 0 bridgehead atoms. The fraction of sp³-hybridized carbons (Fsp3) is 0.300. The number of rotatable bonds is 1. The fourth-order valence-electron chi connectivity index (χ4n) is 0.871. The van der Waals surface area contributed by atoms with Crippen LogP contribution in [0.3, 0.4) is 0 Å². The van der Waals surface area contributed by atoms with Gasteiger partial charge < -0.3 is 0 Å². The molecule has 6 heteroatoms. The first kappa shape index (κ1) is 12.5. The van der Waals surface area contributed by atoms with Gasteiger partial charge in [-0.15, -0.1) is 0 Å². The van der Waals surface area contributed by atoms with Crippen LogP contribution in [-0.4, -0.2) is 19.0 Å². The molecule has 1 unspecified atom stereocenters. The summed E-state index contributed by atoms with van der Waals surface area (Å²) in [6.45, 7) is 0.416. The van der Waals surface area contributed by atoms with E-state index in [1.54, 1.807) is 12.1 Å². The van der Waals surface area contributed by atoms with E-state index in [0.29, 0.717) is 12.1 Å². The van der Waals surface area contributed by atoms with Crippen LogP contribution in [0.25, 0.3) is 0 Å². The van der Waals surface area contributed by atoms with Gasteiger partial charge in [0, 0.05) is 6.54 Å². The van der Waals surface area contributed by atoms with Gasteiger partial charge in [-0.1, -0.05) is 18.2 Å². The summed E-state index contributed by atoms with van der Waals surface area (Å²) >= 11 is 0. The van der Waals surface area contributed by atoms with Crippen molar-refractivity contribution in [3.63, 3.8) is 0 Å². The third-order valence-electron chi connectivity index (χ3n) is 1.65. The summed E-state index contributed by atoms with van der Waals surface area (Å²) < 4.78 is 33.6. The fourth-order valence-corrected chi connectivity index (χ4v) is 0.871. The molecule has 0 spiro atoms. The molecule has 1 saturated heterocycles. The predicted molar refractivity (Wildman–Crippen MR) is 52.1 cm³/mol. The first-order chi connectivity index (χ1) is 7.51. The monoisotopic (exact) mass is 229 g/mol. The van der Waals surface area contributed by atoms with Crippen molar-refractivity contribution >= 4 is 0 Å². The van der Waals surface area contributed by atoms with E-state index in [1.165, 1.54) is 5.32 Å². The molecule has 1 aliphatic heterocycles. The van der Waals surface area contributed by atoms with Crippen LogP contribution in [0.5, 0.6) is 0 Å². The minimum atomic E-state index is -4.23. The molecule has 1 aliphatic rings. The van der Waals surface area contributed by atoms with E-state index in [1.807, 2.05) is 24.3 Å². The highest BCUT2D eigenvalue weighted by atomic mass is 19.4. The van der Waals surface area contributed by atoms with Crippen LogP contribution >= 0.6 is 0 Å². The zero-order valence-electron chi connectivity index (χ0n) is 8.25. The molecular formula is C10H10F3N3. The Labute approximate surface area is 90.9 Å². The number of hydrogen-bond acceptors (Lipinski definition) is 3. The SMILES string of the molecule is FC(F)(F)NC1CN1.N#Cc1ccccc1. The van der Waals surface area contributed by atoms with Gasteiger partial charge in [-0.25, -0.2) is 5.32 Å². The second-order valence-electron chi connectivity index (χ2n) is 3.08. The van der Waals surface area contributed by atoms with Crippen molar-refractivity contribution in [1.29, 1.82) is 5.26 Å². The molecule has 1 aromatic rings. The normalized spacial score (nSPS) is 18.0. The molecule has 0 aromatic heterocycles. The highest BCUT2D eigenvalue weighted by Crippen LogP contribution is 2.12. The quantitative estimate of drug-likeness (QED) is 0.568. The van der Waals surface area contributed by atoms with Gasteiger partial charge in [0.2, 0.25) is 0 Å². The number of benzene rings is 1. The molecule has 0 amide bonds. The standard InChI is InChI=1S/C7H5N.C3H5F3N2/c8-6-7-4-2-1-3-5-7;4-3(5,6)8-2-1-7-2/h1-5H;2,7-8H,1H2. The Hall–Kier alpha value is -1.58. The molecular weight excluding hydrogens is 219 g/mol. The second kappa shape index (κ2) is 5.49. The van der Waals surface area contributed by atoms with Crippen molar-refractivity contribution in [2.75, 3.05) is 6.54 Å². The van der Waals surface area contributed by atoms with Crippen molar-refractivity contribution < 1.29 is 13.2 Å². The van der Waals surface area contributed by atoms with Gasteiger partial charge in [0.15, 0.2) is 0 Å². The summed E-state index contributed by atoms with van der Waals surface area (Å²) in [5.74, 6) is 0. The lowest BCUT2D eigenvalue weighted by Crippen LogP contribution is -2.35. The predicted octanol–water partition coefficient (Wildman–Crippen LogP) is 1.58. The molecule has 1 heterocycles. The van der Waals surface area contributed by atoms with E-state index in [0.717, 1.165) is 0 Å². The maximum atomic E-state index is 11.2. The largest absolute Gasteiger partial charge is 0.458 e. The van der Waals surface area contributed by atoms with E-state index < -0.39 is 12.5 Å². The summed E-state index contributed by atoms with van der Waals surface area (Å²) in [6, 6.07) is 11.2. The van der Waals surface area contributed by atoms with Gasteiger partial charge in [-0.2, -0.15) is 18.4 Å². The van der Waals surface area contributed by atoms with Gasteiger partial charge in [-0.05, 0) is 12.1 Å². The van der Waals surface area contributed by atoms with Crippen LogP contribution in [0.4, 0.5) is 13.2 Å². The molecule has 86 valence electrons. The zero-order valence-corrected chi connectivity index (χ0v) is 8.25. The maximum Gasteiger partial charge on any atom is 0.458 e. The second-order valence-corrected chi connectivity index (χ2v) is 3.08. The third kappa shape index (κ3) is 6.01. The van der Waals surface area contributed by atoms with Gasteiger partial charge in [0.05, 0.1) is 17.8 Å². The van der Waals surface area contributed by atoms with Crippen molar-refractivity contribution in [2.24, 2.45) is 0 Å². The number of nitrogens with zero attached hydrogens (tertiary/aromatic N) is 1. The number of halogens is 3. The summed E-state index contributed by atoms with van der Waals surface area (Å²) in [5, 5.41) is 12.1. The summed E-state index contributed by atoms with van der Waals surface area (Å²) in [6.07, 6.45) is -4.76. The first-order valence-corrected chi connectivity index (χ1v) is 4.54. The third-order valence-corrected chi connectivity index (χ3v) is 1.65. The van der Waals surface area contributed by atoms with Gasteiger partial charge in [0.1, 0.15) is 0 Å². The average Bonchev–Trinajstić information content (AvgIpc) is 3.01. The van der Waals surface area contributed by atoms with Crippen LogP contribution in [0.1, 0.15) is 5.56 Å². The smallest absolute Gasteiger partial charge is 0.298 e. The van der Waals surface area contributed by atoms with Crippen LogP contribution in [-0.2, 0) is 0 Å². The van der Waals surface area contributed by atoms with Crippen LogP contribution < -0.4 is 10.6 Å². The Morgan fingerprint density at radius 3 is 2.12 bits per heavy atom. The summed E-state index contributed by atoms with van der Waals surface area (Å²) in [7, 11) is 0. The Kier molecular flexibility index (Phi) is 4.28. The molecule has 1 aromatic carbocycles. The van der Waals surface area contributed by atoms with Crippen LogP contribution in [0.2, 0.25) is 0 Å². The molecule has 0 aliphatic carbocycles. The number of hydrogen-bond donors (Lipinski definition) is 2. The molecule has 0 radical (unpaired) electrons. The summed E-state index contributed by atoms with van der Waals surface area (Å²) in [5.41, 5.74) is 0.715. The van der Waals surface area contributed by atoms with Crippen molar-refractivity contribution in [2.45, 2.75) is 12.5 Å². The van der Waals surface area contributed by atoms with Crippen molar-refractivity contribution in [1.82, 2.24) is 10.6 Å². The summed E-state index contributed by atoms with van der Waals surface area (Å²) in [4.78, 5) is 0. The minimum Gasteiger partial charge on any atom is -0.298 e. The first-order valence-electron chi connectivity index (χ1n) is 4.54. The lowest BCUT2D eigenvalue weighted by Gasteiger charge is -2.03. The Morgan fingerprint density at radius 2 is 1.88 bits per heavy atom. The molecule has 16 heavy (non-hydrogen) atoms. The van der Waals surface area contributed by atoms with Crippen LogP contribution in [0, 0.1) is 11.3 Å². The molecule has 1 atom stereocenters. The van der Waals surface area contributed by atoms with Gasteiger partial charge >= 0.3 is 6.30 Å². The highest BCUT2D eigenvalue weighted by Gasteiger charge is 2.35. The van der Waals surface area contributed by atoms with Gasteiger partial charge in [0.25, 0.3) is 0 Å². The Morgan fingerprint density at radius 1 is 1.31 bits per heavy atom. The number of nitriles is 1. The number of nitrogens with one attached hydrogen (secondary N) is 2. The topological polar surface area (TPSA) is 57.8 Å². The lowest BCUT2D eigenvalue weighted by molar-refractivity contribution is -0.158. The van der Waals surface area contributed by atoms with Crippen molar-refractivity contribution in [3.8, 4) is 6.07 Å². The molecule has 1 fully saturated rings. The minimum absolute atomic E-state index is 0.416. The molecule has 3 nitrogen and oxygen atoms in total. The molecule has 2 N–H and O–H groups in total. The van der Waals surface area contributed by atoms with E-state index in [-0.39, 0.29) is 0 Å². The Balaban J connectivity index is 0.000000160. The highest BCUT2D eigenvalue weighted by molar-refractivity contribution is 5.27. The van der Waals surface area contributed by atoms with Crippen LogP contribution in [0.15, 0.2) is 30.3 Å². The lowest BCUT2D eigenvalue weighted by atomic mass is 10.2. The van der Waals surface area contributed by atoms with Gasteiger partial charge in [-0.3, -0.25) is 5.32 Å². The van der Waals surface area contributed by atoms with Crippen molar-refractivity contribution in [3.05, 3.63) is 35.9 Å². The van der Waals surface area contributed by atoms with E-state index >= 15 is 0 Å². The Bertz CT molecular complexity index is 352. The zero-order chi connectivity index (χ0) is 12.0. The average molecular weight is 229 g/mol. The van der Waals surface area contributed by atoms with E-state index in [9.17, 15) is 13.2 Å². The maximum absolute atomic E-state index is 11.2. The van der Waals surface area contributed by atoms with E-state index in [4.69, 9.17) is 5.26 Å². The van der Waals surface area contributed by atoms with E-state index in [2.05, 4.69) is 5.32 Å².